The highest BCUT2D eigenvalue weighted by Crippen LogP contribution is 2.51. The number of nitriles is 1. The van der Waals surface area contributed by atoms with E-state index in [1.807, 2.05) is 20.0 Å². The molecule has 0 unspecified atom stereocenters. The van der Waals surface area contributed by atoms with Crippen molar-refractivity contribution in [1.82, 2.24) is 9.88 Å². The highest BCUT2D eigenvalue weighted by molar-refractivity contribution is 7.15. The number of hydrogen-bond donors (Lipinski definition) is 1. The van der Waals surface area contributed by atoms with Crippen LogP contribution in [0.3, 0.4) is 0 Å². The van der Waals surface area contributed by atoms with Crippen LogP contribution in [-0.2, 0) is 11.3 Å². The summed E-state index contributed by atoms with van der Waals surface area (Å²) < 4.78 is 45.2. The zero-order chi connectivity index (χ0) is 28.5. The molecule has 0 spiro atoms. The van der Waals surface area contributed by atoms with Gasteiger partial charge in [0.15, 0.2) is 0 Å². The summed E-state index contributed by atoms with van der Waals surface area (Å²) in [5.41, 5.74) is -1.37. The van der Waals surface area contributed by atoms with Crippen molar-refractivity contribution in [3.05, 3.63) is 34.3 Å². The van der Waals surface area contributed by atoms with Crippen LogP contribution in [0.4, 0.5) is 13.2 Å². The molecule has 0 bridgehead atoms. The van der Waals surface area contributed by atoms with Crippen LogP contribution in [-0.4, -0.2) is 46.8 Å². The number of hydrogen-bond acceptors (Lipinski definition) is 6. The lowest BCUT2D eigenvalue weighted by Crippen LogP contribution is -2.41. The third-order valence-corrected chi connectivity index (χ3v) is 8.51. The Hall–Kier alpha value is -2.64. The van der Waals surface area contributed by atoms with Crippen LogP contribution in [0.15, 0.2) is 18.2 Å². The first kappa shape index (κ1) is 29.9. The molecule has 6 nitrogen and oxygen atoms in total. The van der Waals surface area contributed by atoms with Crippen LogP contribution in [0.25, 0.3) is 10.6 Å². The van der Waals surface area contributed by atoms with Crippen LogP contribution < -0.4 is 4.74 Å². The van der Waals surface area contributed by atoms with Gasteiger partial charge in [0.05, 0.1) is 28.3 Å². The number of carboxylic acids is 1. The Bertz CT molecular complexity index is 1200. The van der Waals surface area contributed by atoms with Gasteiger partial charge >= 0.3 is 12.6 Å². The normalized spacial score (nSPS) is 17.2. The number of alkyl halides is 3. The molecule has 1 saturated carbocycles. The van der Waals surface area contributed by atoms with Crippen LogP contribution in [0.1, 0.15) is 69.5 Å². The fraction of sp³-hybridized carbons (Fsp3) is 0.607. The fourth-order valence-corrected chi connectivity index (χ4v) is 5.94. The van der Waals surface area contributed by atoms with E-state index < -0.39 is 23.7 Å². The molecule has 1 heterocycles. The minimum Gasteiger partial charge on any atom is -0.481 e. The lowest BCUT2D eigenvalue weighted by Gasteiger charge is -2.39. The van der Waals surface area contributed by atoms with E-state index in [4.69, 9.17) is 0 Å². The summed E-state index contributed by atoms with van der Waals surface area (Å²) in [4.78, 5) is 19.8. The molecule has 38 heavy (non-hydrogen) atoms. The Labute approximate surface area is 226 Å². The number of carboxylic acid groups (broad SMARTS) is 1. The number of aromatic nitrogens is 1. The molecule has 2 aromatic rings. The van der Waals surface area contributed by atoms with Crippen molar-refractivity contribution < 1.29 is 27.8 Å². The Morgan fingerprint density at radius 1 is 1.32 bits per heavy atom. The van der Waals surface area contributed by atoms with E-state index in [0.717, 1.165) is 10.6 Å². The van der Waals surface area contributed by atoms with E-state index >= 15 is 0 Å². The summed E-state index contributed by atoms with van der Waals surface area (Å²) in [6.45, 7) is 7.78. The van der Waals surface area contributed by atoms with Crippen molar-refractivity contribution in [2.45, 2.75) is 79.1 Å². The van der Waals surface area contributed by atoms with E-state index in [0.29, 0.717) is 48.5 Å². The molecule has 0 radical (unpaired) electrons. The van der Waals surface area contributed by atoms with Gasteiger partial charge in [0.25, 0.3) is 0 Å². The molecule has 1 aliphatic carbocycles. The lowest BCUT2D eigenvalue weighted by atomic mass is 9.68. The Kier molecular flexibility index (Phi) is 8.84. The molecule has 0 amide bonds. The number of nitrogens with zero attached hydrogens (tertiary/aromatic N) is 3. The maximum absolute atomic E-state index is 14.6. The number of ether oxygens (including phenoxy) is 1. The van der Waals surface area contributed by atoms with Crippen molar-refractivity contribution in [3.8, 4) is 22.4 Å². The summed E-state index contributed by atoms with van der Waals surface area (Å²) >= 11 is 1.34. The predicted molar refractivity (Wildman–Crippen MR) is 141 cm³/mol. The topological polar surface area (TPSA) is 86.5 Å². The quantitative estimate of drug-likeness (QED) is 0.304. The summed E-state index contributed by atoms with van der Waals surface area (Å²) in [6.07, 6.45) is 1.21. The molecule has 2 atom stereocenters. The summed E-state index contributed by atoms with van der Waals surface area (Å²) in [7, 11) is 1.94. The van der Waals surface area contributed by atoms with Gasteiger partial charge in [0, 0.05) is 18.0 Å². The zero-order valence-corrected chi connectivity index (χ0v) is 23.6. The highest BCUT2D eigenvalue weighted by atomic mass is 32.1. The van der Waals surface area contributed by atoms with E-state index in [-0.39, 0.29) is 23.5 Å². The smallest absolute Gasteiger partial charge is 0.387 e. The Balaban J connectivity index is 1.80. The minimum atomic E-state index is -3.01. The third kappa shape index (κ3) is 7.48. The number of thiazole rings is 1. The van der Waals surface area contributed by atoms with Crippen LogP contribution in [0.5, 0.6) is 5.75 Å². The van der Waals surface area contributed by atoms with Gasteiger partial charge in [0.1, 0.15) is 16.4 Å². The molecule has 208 valence electrons. The number of rotatable bonds is 12. The Morgan fingerprint density at radius 2 is 1.97 bits per heavy atom. The van der Waals surface area contributed by atoms with Gasteiger partial charge < -0.3 is 14.7 Å². The molecule has 1 aliphatic rings. The number of aryl methyl sites for hydroxylation is 1. The lowest BCUT2D eigenvalue weighted by molar-refractivity contribution is -0.151. The number of aliphatic carboxylic acids is 1. The minimum absolute atomic E-state index is 0.0216. The molecule has 0 saturated heterocycles. The zero-order valence-electron chi connectivity index (χ0n) is 22.8. The van der Waals surface area contributed by atoms with Gasteiger partial charge in [-0.25, -0.2) is 9.37 Å². The second-order valence-corrected chi connectivity index (χ2v) is 13.0. The number of halogens is 3. The summed E-state index contributed by atoms with van der Waals surface area (Å²) in [5.74, 6) is -1.04. The number of benzene rings is 1. The largest absolute Gasteiger partial charge is 0.481 e. The van der Waals surface area contributed by atoms with E-state index in [1.165, 1.54) is 29.5 Å². The maximum Gasteiger partial charge on any atom is 0.387 e. The van der Waals surface area contributed by atoms with Crippen molar-refractivity contribution in [1.29, 1.82) is 5.26 Å². The van der Waals surface area contributed by atoms with Gasteiger partial charge in [-0.2, -0.15) is 14.0 Å². The second-order valence-electron chi connectivity index (χ2n) is 11.9. The van der Waals surface area contributed by atoms with E-state index in [9.17, 15) is 28.3 Å². The van der Waals surface area contributed by atoms with E-state index in [1.54, 1.807) is 6.92 Å². The molecule has 3 rings (SSSR count). The predicted octanol–water partition coefficient (Wildman–Crippen LogP) is 7.06. The SMILES string of the molecule is Cc1nc(-c2cc(C#N)ccc2OC(F)F)sc1CN(C)C[C@@H](C[C@@](C)(CC1(F)CC1)C(=O)O)C(C)(C)C. The first-order valence-corrected chi connectivity index (χ1v) is 13.4. The molecular weight excluding hydrogens is 515 g/mol. The first-order chi connectivity index (χ1) is 17.5. The fourth-order valence-electron chi connectivity index (χ4n) is 4.78. The standard InChI is InChI=1S/C28H36F3N3O3S/c1-17-22(38-23(33-17)20-11-18(13-32)7-8-21(20)37-25(29)30)15-34(6)14-19(26(2,3)4)12-27(5,24(35)36)16-28(31)9-10-28/h7-8,11,19,25H,9-10,12,14-16H2,1-6H3,(H,35,36)/t19-,27+/m1/s1. The van der Waals surface area contributed by atoms with Gasteiger partial charge in [-0.3, -0.25) is 4.79 Å². The van der Waals surface area contributed by atoms with Gasteiger partial charge in [-0.1, -0.05) is 20.8 Å². The van der Waals surface area contributed by atoms with Crippen molar-refractivity contribution >= 4 is 17.3 Å². The summed E-state index contributed by atoms with van der Waals surface area (Å²) in [5, 5.41) is 19.7. The molecule has 1 fully saturated rings. The average Bonchev–Trinajstić information content (AvgIpc) is 3.41. The molecular formula is C28H36F3N3O3S. The van der Waals surface area contributed by atoms with Crippen LogP contribution >= 0.6 is 11.3 Å². The van der Waals surface area contributed by atoms with Gasteiger partial charge in [-0.05, 0) is 76.1 Å². The van der Waals surface area contributed by atoms with E-state index in [2.05, 4.69) is 35.4 Å². The van der Waals surface area contributed by atoms with Crippen molar-refractivity contribution in [2.24, 2.45) is 16.7 Å². The third-order valence-electron chi connectivity index (χ3n) is 7.33. The van der Waals surface area contributed by atoms with Gasteiger partial charge in [-0.15, -0.1) is 11.3 Å². The average molecular weight is 552 g/mol. The number of carbonyl (C=O) groups is 1. The molecule has 1 aromatic heterocycles. The molecule has 1 aromatic carbocycles. The highest BCUT2D eigenvalue weighted by Gasteiger charge is 2.52. The molecule has 10 heteroatoms. The Morgan fingerprint density at radius 3 is 2.50 bits per heavy atom. The first-order valence-electron chi connectivity index (χ1n) is 12.6. The molecule has 0 aliphatic heterocycles. The van der Waals surface area contributed by atoms with Crippen molar-refractivity contribution in [2.75, 3.05) is 13.6 Å². The maximum atomic E-state index is 14.6. The van der Waals surface area contributed by atoms with Crippen LogP contribution in [0.2, 0.25) is 0 Å². The second kappa shape index (κ2) is 11.2. The summed E-state index contributed by atoms with van der Waals surface area (Å²) in [6, 6.07) is 6.27. The van der Waals surface area contributed by atoms with Gasteiger partial charge in [0.2, 0.25) is 0 Å². The van der Waals surface area contributed by atoms with Crippen molar-refractivity contribution in [3.63, 3.8) is 0 Å². The van der Waals surface area contributed by atoms with Crippen LogP contribution in [0, 0.1) is 35.0 Å². The monoisotopic (exact) mass is 551 g/mol. The molecule has 1 N–H and O–H groups in total.